The van der Waals surface area contributed by atoms with Gasteiger partial charge in [0.15, 0.2) is 0 Å². The molecule has 6 heteroatoms. The van der Waals surface area contributed by atoms with Crippen LogP contribution in [0, 0.1) is 0 Å². The molecule has 6 nitrogen and oxygen atoms in total. The molecule has 1 saturated heterocycles. The Labute approximate surface area is 117 Å². The Morgan fingerprint density at radius 3 is 2.75 bits per heavy atom. The van der Waals surface area contributed by atoms with E-state index in [0.29, 0.717) is 18.8 Å². The molecule has 0 saturated carbocycles. The highest BCUT2D eigenvalue weighted by atomic mass is 16.5. The van der Waals surface area contributed by atoms with Gasteiger partial charge in [0.25, 0.3) is 0 Å². The lowest BCUT2D eigenvalue weighted by Crippen LogP contribution is -2.55. The monoisotopic (exact) mass is 277 g/mol. The zero-order valence-corrected chi connectivity index (χ0v) is 11.5. The summed E-state index contributed by atoms with van der Waals surface area (Å²) >= 11 is 0. The number of carbonyl (C=O) groups is 2. The van der Waals surface area contributed by atoms with E-state index in [4.69, 9.17) is 10.5 Å². The van der Waals surface area contributed by atoms with Crippen molar-refractivity contribution in [2.75, 3.05) is 32.5 Å². The minimum Gasteiger partial charge on any atom is -0.399 e. The summed E-state index contributed by atoms with van der Waals surface area (Å²) in [7, 11) is 1.56. The summed E-state index contributed by atoms with van der Waals surface area (Å²) in [5, 5.41) is 2.56. The van der Waals surface area contributed by atoms with Crippen LogP contribution in [0.1, 0.15) is 5.56 Å². The number of morpholine rings is 1. The number of rotatable bonds is 3. The number of nitrogens with one attached hydrogen (secondary N) is 1. The van der Waals surface area contributed by atoms with Gasteiger partial charge in [-0.25, -0.2) is 0 Å². The Morgan fingerprint density at radius 1 is 1.40 bits per heavy atom. The van der Waals surface area contributed by atoms with Crippen molar-refractivity contribution in [3.63, 3.8) is 0 Å². The number of nitrogens with two attached hydrogens (primary N) is 1. The van der Waals surface area contributed by atoms with Gasteiger partial charge in [0.2, 0.25) is 11.8 Å². The summed E-state index contributed by atoms with van der Waals surface area (Å²) < 4.78 is 5.28. The van der Waals surface area contributed by atoms with E-state index < -0.39 is 6.04 Å². The van der Waals surface area contributed by atoms with Gasteiger partial charge in [-0.1, -0.05) is 12.1 Å². The van der Waals surface area contributed by atoms with Crippen LogP contribution >= 0.6 is 0 Å². The Morgan fingerprint density at radius 2 is 2.10 bits per heavy atom. The maximum atomic E-state index is 12.3. The molecule has 0 spiro atoms. The van der Waals surface area contributed by atoms with Crippen LogP contribution in [0.25, 0.3) is 0 Å². The number of nitrogens with zero attached hydrogens (tertiary/aromatic N) is 1. The van der Waals surface area contributed by atoms with Crippen LogP contribution in [0.2, 0.25) is 0 Å². The Hall–Kier alpha value is -2.08. The molecule has 1 atom stereocenters. The van der Waals surface area contributed by atoms with Crippen molar-refractivity contribution in [2.24, 2.45) is 0 Å². The molecule has 1 aromatic rings. The molecule has 2 amide bonds. The Balaban J connectivity index is 2.05. The first-order chi connectivity index (χ1) is 9.61. The molecule has 0 bridgehead atoms. The minimum atomic E-state index is -0.546. The largest absolute Gasteiger partial charge is 0.399 e. The van der Waals surface area contributed by atoms with Crippen molar-refractivity contribution < 1.29 is 14.3 Å². The molecule has 108 valence electrons. The van der Waals surface area contributed by atoms with Crippen LogP contribution in [0.5, 0.6) is 0 Å². The van der Waals surface area contributed by atoms with Crippen LogP contribution < -0.4 is 11.1 Å². The Kier molecular flexibility index (Phi) is 4.57. The minimum absolute atomic E-state index is 0.0772. The normalized spacial score (nSPS) is 18.6. The fraction of sp³-hybridized carbons (Fsp3) is 0.429. The first-order valence-corrected chi connectivity index (χ1v) is 6.55. The van der Waals surface area contributed by atoms with Gasteiger partial charge in [-0.3, -0.25) is 9.59 Å². The number of hydrogen-bond acceptors (Lipinski definition) is 4. The highest BCUT2D eigenvalue weighted by Crippen LogP contribution is 2.12. The van der Waals surface area contributed by atoms with Crippen LogP contribution in [-0.2, 0) is 20.7 Å². The molecule has 2 rings (SSSR count). The maximum absolute atomic E-state index is 12.3. The lowest BCUT2D eigenvalue weighted by molar-refractivity contribution is -0.147. The van der Waals surface area contributed by atoms with E-state index in [9.17, 15) is 9.59 Å². The molecule has 1 unspecified atom stereocenters. The lowest BCUT2D eigenvalue weighted by Gasteiger charge is -2.34. The number of nitrogen functional groups attached to an aromatic ring is 1. The van der Waals surface area contributed by atoms with Crippen molar-refractivity contribution in [1.29, 1.82) is 0 Å². The molecule has 1 aliphatic rings. The van der Waals surface area contributed by atoms with Crippen molar-refractivity contribution >= 4 is 17.5 Å². The van der Waals surface area contributed by atoms with Gasteiger partial charge in [0.1, 0.15) is 6.04 Å². The number of amides is 2. The molecule has 0 radical (unpaired) electrons. The van der Waals surface area contributed by atoms with E-state index in [2.05, 4.69) is 5.32 Å². The first-order valence-electron chi connectivity index (χ1n) is 6.55. The van der Waals surface area contributed by atoms with E-state index in [0.717, 1.165) is 5.56 Å². The highest BCUT2D eigenvalue weighted by molar-refractivity contribution is 5.88. The number of likely N-dealkylation sites (N-methyl/N-ethyl adjacent to an activating group) is 1. The Bertz CT molecular complexity index is 487. The second-order valence-corrected chi connectivity index (χ2v) is 4.71. The van der Waals surface area contributed by atoms with E-state index >= 15 is 0 Å². The van der Waals surface area contributed by atoms with Crippen LogP contribution in [0.3, 0.4) is 0 Å². The molecule has 1 heterocycles. The first kappa shape index (κ1) is 14.3. The van der Waals surface area contributed by atoms with E-state index in [-0.39, 0.29) is 24.8 Å². The zero-order valence-electron chi connectivity index (χ0n) is 11.5. The van der Waals surface area contributed by atoms with Gasteiger partial charge < -0.3 is 20.7 Å². The topological polar surface area (TPSA) is 84.7 Å². The fourth-order valence-corrected chi connectivity index (χ4v) is 2.20. The smallest absolute Gasteiger partial charge is 0.244 e. The second kappa shape index (κ2) is 6.38. The maximum Gasteiger partial charge on any atom is 0.244 e. The van der Waals surface area contributed by atoms with E-state index in [1.165, 1.54) is 0 Å². The third kappa shape index (κ3) is 3.27. The quantitative estimate of drug-likeness (QED) is 0.748. The molecule has 20 heavy (non-hydrogen) atoms. The van der Waals surface area contributed by atoms with Crippen molar-refractivity contribution in [1.82, 2.24) is 10.2 Å². The SMILES string of the molecule is CNC(=O)C1COCCN1C(=O)Cc1ccc(N)cc1. The molecule has 3 N–H and O–H groups in total. The second-order valence-electron chi connectivity index (χ2n) is 4.71. The summed E-state index contributed by atoms with van der Waals surface area (Å²) in [5.74, 6) is -0.276. The number of ether oxygens (including phenoxy) is 1. The van der Waals surface area contributed by atoms with Gasteiger partial charge in [-0.05, 0) is 17.7 Å². The van der Waals surface area contributed by atoms with Crippen molar-refractivity contribution in [2.45, 2.75) is 12.5 Å². The molecule has 1 aliphatic heterocycles. The van der Waals surface area contributed by atoms with Crippen molar-refractivity contribution in [3.8, 4) is 0 Å². The molecular weight excluding hydrogens is 258 g/mol. The van der Waals surface area contributed by atoms with Gasteiger partial charge in [-0.15, -0.1) is 0 Å². The number of hydrogen-bond donors (Lipinski definition) is 2. The average molecular weight is 277 g/mol. The summed E-state index contributed by atoms with van der Waals surface area (Å²) in [4.78, 5) is 25.7. The van der Waals surface area contributed by atoms with Crippen LogP contribution in [0.4, 0.5) is 5.69 Å². The van der Waals surface area contributed by atoms with Gasteiger partial charge in [0, 0.05) is 19.3 Å². The van der Waals surface area contributed by atoms with E-state index in [1.54, 1.807) is 24.1 Å². The molecule has 0 aliphatic carbocycles. The summed E-state index contributed by atoms with van der Waals surface area (Å²) in [6, 6.07) is 6.62. The summed E-state index contributed by atoms with van der Waals surface area (Å²) in [6.07, 6.45) is 0.258. The number of carbonyl (C=O) groups excluding carboxylic acids is 2. The average Bonchev–Trinajstić information content (AvgIpc) is 2.48. The predicted molar refractivity (Wildman–Crippen MR) is 74.9 cm³/mol. The predicted octanol–water partition coefficient (Wildman–Crippen LogP) is -0.215. The molecule has 1 fully saturated rings. The summed E-state index contributed by atoms with van der Waals surface area (Å²) in [5.41, 5.74) is 7.16. The third-order valence-electron chi connectivity index (χ3n) is 3.33. The molecule has 0 aromatic heterocycles. The van der Waals surface area contributed by atoms with Gasteiger partial charge >= 0.3 is 0 Å². The lowest BCUT2D eigenvalue weighted by atomic mass is 10.1. The highest BCUT2D eigenvalue weighted by Gasteiger charge is 2.31. The van der Waals surface area contributed by atoms with Crippen molar-refractivity contribution in [3.05, 3.63) is 29.8 Å². The molecule has 1 aromatic carbocycles. The number of anilines is 1. The third-order valence-corrected chi connectivity index (χ3v) is 3.33. The fourth-order valence-electron chi connectivity index (χ4n) is 2.20. The van der Waals surface area contributed by atoms with Crippen LogP contribution in [0.15, 0.2) is 24.3 Å². The standard InChI is InChI=1S/C14H19N3O3/c1-16-14(19)12-9-20-7-6-17(12)13(18)8-10-2-4-11(15)5-3-10/h2-5,12H,6-9,15H2,1H3,(H,16,19). The molecular formula is C14H19N3O3. The van der Waals surface area contributed by atoms with Gasteiger partial charge in [-0.2, -0.15) is 0 Å². The van der Waals surface area contributed by atoms with Gasteiger partial charge in [0.05, 0.1) is 19.6 Å². The zero-order chi connectivity index (χ0) is 14.5. The van der Waals surface area contributed by atoms with Crippen LogP contribution in [-0.4, -0.2) is 49.6 Å². The number of benzene rings is 1. The summed E-state index contributed by atoms with van der Waals surface area (Å²) in [6.45, 7) is 1.14. The van der Waals surface area contributed by atoms with E-state index in [1.807, 2.05) is 12.1 Å².